The van der Waals surface area contributed by atoms with Gasteiger partial charge in [-0.3, -0.25) is 0 Å². The van der Waals surface area contributed by atoms with Crippen LogP contribution in [0.5, 0.6) is 0 Å². The first kappa shape index (κ1) is 15.1. The smallest absolute Gasteiger partial charge is 0.159 e. The summed E-state index contributed by atoms with van der Waals surface area (Å²) in [6.45, 7) is 3.95. The van der Waals surface area contributed by atoms with Gasteiger partial charge in [-0.1, -0.05) is 6.42 Å². The quantitative estimate of drug-likeness (QED) is 0.942. The van der Waals surface area contributed by atoms with Crippen molar-refractivity contribution < 1.29 is 4.74 Å². The lowest BCUT2D eigenvalue weighted by atomic mass is 9.99. The number of rotatable bonds is 4. The van der Waals surface area contributed by atoms with Gasteiger partial charge in [-0.2, -0.15) is 0 Å². The van der Waals surface area contributed by atoms with Crippen molar-refractivity contribution in [1.82, 2.24) is 19.9 Å². The standard InChI is InChI=1S/C18H26N4O/c1-2-8-19-15(4-1)12-17-21-16-5-3-9-20-18(16)22(17)13-14-6-10-23-11-7-14/h3,5,9,14-15,19H,1-2,4,6-8,10-13H2. The van der Waals surface area contributed by atoms with E-state index < -0.39 is 0 Å². The van der Waals surface area contributed by atoms with Gasteiger partial charge < -0.3 is 14.6 Å². The highest BCUT2D eigenvalue weighted by atomic mass is 16.5. The zero-order chi connectivity index (χ0) is 15.5. The van der Waals surface area contributed by atoms with Crippen molar-refractivity contribution in [1.29, 1.82) is 0 Å². The predicted octanol–water partition coefficient (Wildman–Crippen LogP) is 2.54. The van der Waals surface area contributed by atoms with E-state index >= 15 is 0 Å². The van der Waals surface area contributed by atoms with Crippen molar-refractivity contribution in [2.75, 3.05) is 19.8 Å². The van der Waals surface area contributed by atoms with Crippen LogP contribution >= 0.6 is 0 Å². The average molecular weight is 314 g/mol. The van der Waals surface area contributed by atoms with Crippen LogP contribution in [0.15, 0.2) is 18.3 Å². The molecule has 2 aromatic heterocycles. The fourth-order valence-electron chi connectivity index (χ4n) is 3.86. The average Bonchev–Trinajstić information content (AvgIpc) is 2.94. The number of hydrogen-bond donors (Lipinski definition) is 1. The Morgan fingerprint density at radius 2 is 2.13 bits per heavy atom. The predicted molar refractivity (Wildman–Crippen MR) is 90.4 cm³/mol. The highest BCUT2D eigenvalue weighted by molar-refractivity contribution is 5.71. The number of nitrogens with one attached hydrogen (secondary N) is 1. The third-order valence-electron chi connectivity index (χ3n) is 5.21. The molecule has 0 spiro atoms. The van der Waals surface area contributed by atoms with Crippen molar-refractivity contribution in [3.05, 3.63) is 24.2 Å². The minimum Gasteiger partial charge on any atom is -0.381 e. The molecule has 0 saturated carbocycles. The second-order valence-electron chi connectivity index (χ2n) is 6.89. The number of hydrogen-bond acceptors (Lipinski definition) is 4. The van der Waals surface area contributed by atoms with Gasteiger partial charge >= 0.3 is 0 Å². The Balaban J connectivity index is 1.60. The molecule has 1 unspecified atom stereocenters. The molecular formula is C18H26N4O. The fourth-order valence-corrected chi connectivity index (χ4v) is 3.86. The molecule has 23 heavy (non-hydrogen) atoms. The molecule has 0 aliphatic carbocycles. The maximum Gasteiger partial charge on any atom is 0.159 e. The van der Waals surface area contributed by atoms with Crippen LogP contribution in [0.2, 0.25) is 0 Å². The molecule has 1 atom stereocenters. The molecular weight excluding hydrogens is 288 g/mol. The normalized spacial score (nSPS) is 23.4. The van der Waals surface area contributed by atoms with E-state index in [2.05, 4.69) is 20.9 Å². The lowest BCUT2D eigenvalue weighted by Gasteiger charge is -2.25. The number of piperidine rings is 1. The molecule has 1 N–H and O–H groups in total. The first-order valence-corrected chi connectivity index (χ1v) is 9.01. The third-order valence-corrected chi connectivity index (χ3v) is 5.21. The summed E-state index contributed by atoms with van der Waals surface area (Å²) >= 11 is 0. The SMILES string of the molecule is c1cnc2c(c1)nc(CC1CCCCN1)n2CC1CCOCC1. The summed E-state index contributed by atoms with van der Waals surface area (Å²) in [7, 11) is 0. The summed E-state index contributed by atoms with van der Waals surface area (Å²) < 4.78 is 7.88. The number of aromatic nitrogens is 3. The van der Waals surface area contributed by atoms with Crippen LogP contribution in [0.3, 0.4) is 0 Å². The Morgan fingerprint density at radius 3 is 2.96 bits per heavy atom. The molecule has 0 radical (unpaired) electrons. The molecule has 4 heterocycles. The number of fused-ring (bicyclic) bond motifs is 1. The topological polar surface area (TPSA) is 52.0 Å². The molecule has 4 rings (SSSR count). The number of imidazole rings is 1. The minimum absolute atomic E-state index is 0.564. The molecule has 2 saturated heterocycles. The van der Waals surface area contributed by atoms with Crippen molar-refractivity contribution in [3.8, 4) is 0 Å². The molecule has 5 nitrogen and oxygen atoms in total. The number of pyridine rings is 1. The van der Waals surface area contributed by atoms with Gasteiger partial charge in [0.05, 0.1) is 0 Å². The largest absolute Gasteiger partial charge is 0.381 e. The van der Waals surface area contributed by atoms with Crippen molar-refractivity contribution in [3.63, 3.8) is 0 Å². The third kappa shape index (κ3) is 3.40. The Labute approximate surface area is 137 Å². The molecule has 124 valence electrons. The maximum atomic E-state index is 5.51. The second kappa shape index (κ2) is 6.97. The Morgan fingerprint density at radius 1 is 1.22 bits per heavy atom. The van der Waals surface area contributed by atoms with Gasteiger partial charge in [-0.15, -0.1) is 0 Å². The monoisotopic (exact) mass is 314 g/mol. The van der Waals surface area contributed by atoms with Gasteiger partial charge in [0.2, 0.25) is 0 Å². The molecule has 2 aliphatic rings. The van der Waals surface area contributed by atoms with Gasteiger partial charge in [-0.05, 0) is 50.3 Å². The number of nitrogens with zero attached hydrogens (tertiary/aromatic N) is 3. The van der Waals surface area contributed by atoms with Crippen molar-refractivity contribution >= 4 is 11.2 Å². The van der Waals surface area contributed by atoms with Crippen LogP contribution in [0, 0.1) is 5.92 Å². The molecule has 5 heteroatoms. The van der Waals surface area contributed by atoms with Crippen molar-refractivity contribution in [2.45, 2.75) is 51.1 Å². The summed E-state index contributed by atoms with van der Waals surface area (Å²) in [4.78, 5) is 9.51. The van der Waals surface area contributed by atoms with Crippen LogP contribution < -0.4 is 5.32 Å². The summed E-state index contributed by atoms with van der Waals surface area (Å²) in [5.41, 5.74) is 2.08. The van der Waals surface area contributed by atoms with Gasteiger partial charge in [0, 0.05) is 38.4 Å². The molecule has 0 amide bonds. The molecule has 2 aromatic rings. The molecule has 0 aromatic carbocycles. The fraction of sp³-hybridized carbons (Fsp3) is 0.667. The van der Waals surface area contributed by atoms with Crippen LogP contribution in [-0.4, -0.2) is 40.3 Å². The van der Waals surface area contributed by atoms with E-state index in [9.17, 15) is 0 Å². The van der Waals surface area contributed by atoms with E-state index in [1.807, 2.05) is 12.3 Å². The Bertz CT molecular complexity index is 642. The van der Waals surface area contributed by atoms with E-state index in [0.29, 0.717) is 12.0 Å². The summed E-state index contributed by atoms with van der Waals surface area (Å²) in [6.07, 6.45) is 9.08. The minimum atomic E-state index is 0.564. The first-order valence-electron chi connectivity index (χ1n) is 9.01. The van der Waals surface area contributed by atoms with Crippen LogP contribution in [0.25, 0.3) is 11.2 Å². The van der Waals surface area contributed by atoms with Crippen molar-refractivity contribution in [2.24, 2.45) is 5.92 Å². The maximum absolute atomic E-state index is 5.51. The van der Waals surface area contributed by atoms with Gasteiger partial charge in [-0.25, -0.2) is 9.97 Å². The van der Waals surface area contributed by atoms with Crippen LogP contribution in [-0.2, 0) is 17.7 Å². The first-order chi connectivity index (χ1) is 11.4. The molecule has 0 bridgehead atoms. The van der Waals surface area contributed by atoms with Crippen LogP contribution in [0.4, 0.5) is 0 Å². The van der Waals surface area contributed by atoms with Gasteiger partial charge in [0.1, 0.15) is 11.3 Å². The zero-order valence-corrected chi connectivity index (χ0v) is 13.7. The van der Waals surface area contributed by atoms with Gasteiger partial charge in [0.25, 0.3) is 0 Å². The second-order valence-corrected chi connectivity index (χ2v) is 6.89. The summed E-state index contributed by atoms with van der Waals surface area (Å²) in [5.74, 6) is 1.88. The number of ether oxygens (including phenoxy) is 1. The lowest BCUT2D eigenvalue weighted by Crippen LogP contribution is -2.36. The summed E-state index contributed by atoms with van der Waals surface area (Å²) in [6, 6.07) is 4.63. The molecule has 2 aliphatic heterocycles. The highest BCUT2D eigenvalue weighted by Crippen LogP contribution is 2.23. The van der Waals surface area contributed by atoms with E-state index in [4.69, 9.17) is 9.72 Å². The highest BCUT2D eigenvalue weighted by Gasteiger charge is 2.21. The Kier molecular flexibility index (Phi) is 4.57. The van der Waals surface area contributed by atoms with E-state index in [-0.39, 0.29) is 0 Å². The van der Waals surface area contributed by atoms with E-state index in [1.165, 1.54) is 25.1 Å². The zero-order valence-electron chi connectivity index (χ0n) is 13.7. The Hall–Kier alpha value is -1.46. The van der Waals surface area contributed by atoms with E-state index in [0.717, 1.165) is 56.7 Å². The lowest BCUT2D eigenvalue weighted by molar-refractivity contribution is 0.0612. The summed E-state index contributed by atoms with van der Waals surface area (Å²) in [5, 5.41) is 3.65. The molecule has 2 fully saturated rings. The van der Waals surface area contributed by atoms with Gasteiger partial charge in [0.15, 0.2) is 5.65 Å². The van der Waals surface area contributed by atoms with Crippen LogP contribution in [0.1, 0.15) is 37.9 Å². The van der Waals surface area contributed by atoms with E-state index in [1.54, 1.807) is 0 Å².